The molecule has 3 heterocycles. The van der Waals surface area contributed by atoms with Crippen molar-refractivity contribution >= 4 is 17.9 Å². The van der Waals surface area contributed by atoms with Crippen LogP contribution in [0.3, 0.4) is 0 Å². The second-order valence-corrected chi connectivity index (χ2v) is 8.64. The fraction of sp³-hybridized carbons (Fsp3) is 0.700. The molecule has 0 aromatic carbocycles. The lowest BCUT2D eigenvalue weighted by Crippen LogP contribution is -2.40. The number of carbonyl (C=O) groups excluding carboxylic acids is 3. The summed E-state index contributed by atoms with van der Waals surface area (Å²) in [5.41, 5.74) is 1.53. The average molecular weight is 405 g/mol. The zero-order valence-corrected chi connectivity index (χ0v) is 17.8. The van der Waals surface area contributed by atoms with E-state index >= 15 is 0 Å². The van der Waals surface area contributed by atoms with Crippen molar-refractivity contribution < 1.29 is 19.1 Å². The van der Waals surface area contributed by atoms with E-state index in [1.54, 1.807) is 9.58 Å². The molecule has 0 bridgehead atoms. The highest BCUT2D eigenvalue weighted by Crippen LogP contribution is 2.24. The molecule has 0 aliphatic carbocycles. The molecule has 3 rings (SSSR count). The van der Waals surface area contributed by atoms with E-state index < -0.39 is 5.60 Å². The lowest BCUT2D eigenvalue weighted by molar-refractivity contribution is -0.127. The van der Waals surface area contributed by atoms with Crippen molar-refractivity contribution in [3.63, 3.8) is 0 Å². The number of aromatic nitrogens is 2. The highest BCUT2D eigenvalue weighted by atomic mass is 16.6. The third-order valence-corrected chi connectivity index (χ3v) is 5.17. The fourth-order valence-electron chi connectivity index (χ4n) is 3.75. The molecule has 2 aliphatic rings. The van der Waals surface area contributed by atoms with Crippen LogP contribution < -0.4 is 5.32 Å². The summed E-state index contributed by atoms with van der Waals surface area (Å²) in [4.78, 5) is 40.2. The number of hydrogen-bond acceptors (Lipinski definition) is 5. The summed E-state index contributed by atoms with van der Waals surface area (Å²) in [6.07, 6.45) is 2.49. The van der Waals surface area contributed by atoms with Gasteiger partial charge in [0.1, 0.15) is 5.60 Å². The Morgan fingerprint density at radius 3 is 2.62 bits per heavy atom. The Kier molecular flexibility index (Phi) is 6.14. The quantitative estimate of drug-likeness (QED) is 0.748. The number of rotatable bonds is 5. The van der Waals surface area contributed by atoms with Crippen LogP contribution in [0.15, 0.2) is 0 Å². The molecular formula is C20H31N5O4. The van der Waals surface area contributed by atoms with Gasteiger partial charge in [0.15, 0.2) is 5.69 Å². The summed E-state index contributed by atoms with van der Waals surface area (Å²) in [5, 5.41) is 7.29. The van der Waals surface area contributed by atoms with Gasteiger partial charge in [-0.2, -0.15) is 5.10 Å². The predicted octanol–water partition coefficient (Wildman–Crippen LogP) is 1.46. The second kappa shape index (κ2) is 8.42. The first-order valence-corrected chi connectivity index (χ1v) is 10.2. The van der Waals surface area contributed by atoms with Crippen LogP contribution in [0.5, 0.6) is 0 Å². The predicted molar refractivity (Wildman–Crippen MR) is 106 cm³/mol. The normalized spacial score (nSPS) is 16.8. The second-order valence-electron chi connectivity index (χ2n) is 8.64. The summed E-state index contributed by atoms with van der Waals surface area (Å²) in [5.74, 6) is -0.0574. The van der Waals surface area contributed by atoms with Crippen LogP contribution in [0.2, 0.25) is 0 Å². The first-order chi connectivity index (χ1) is 13.7. The third kappa shape index (κ3) is 5.07. The summed E-state index contributed by atoms with van der Waals surface area (Å²) in [7, 11) is 1.82. The van der Waals surface area contributed by atoms with Crippen molar-refractivity contribution in [1.29, 1.82) is 0 Å². The van der Waals surface area contributed by atoms with Gasteiger partial charge in [0.2, 0.25) is 5.91 Å². The van der Waals surface area contributed by atoms with Crippen molar-refractivity contribution in [2.24, 2.45) is 7.05 Å². The molecule has 1 N–H and O–H groups in total. The number of ether oxygens (including phenoxy) is 1. The summed E-state index contributed by atoms with van der Waals surface area (Å²) in [6, 6.07) is 0. The topological polar surface area (TPSA) is 96.8 Å². The summed E-state index contributed by atoms with van der Waals surface area (Å²) in [6.45, 7) is 8.28. The van der Waals surface area contributed by atoms with E-state index in [9.17, 15) is 14.4 Å². The van der Waals surface area contributed by atoms with Crippen LogP contribution >= 0.6 is 0 Å². The molecule has 9 heteroatoms. The Balaban J connectivity index is 1.59. The van der Waals surface area contributed by atoms with Gasteiger partial charge in [-0.25, -0.2) is 4.79 Å². The van der Waals surface area contributed by atoms with Crippen LogP contribution in [0, 0.1) is 0 Å². The first-order valence-electron chi connectivity index (χ1n) is 10.2. The minimum absolute atomic E-state index is 0.192. The van der Waals surface area contributed by atoms with Crippen molar-refractivity contribution in [2.45, 2.75) is 58.6 Å². The van der Waals surface area contributed by atoms with Crippen LogP contribution in [-0.4, -0.2) is 69.3 Å². The summed E-state index contributed by atoms with van der Waals surface area (Å²) < 4.78 is 7.19. The number of nitrogens with zero attached hydrogens (tertiary/aromatic N) is 4. The minimum atomic E-state index is -0.566. The zero-order valence-electron chi connectivity index (χ0n) is 17.8. The smallest absolute Gasteiger partial charge is 0.410 e. The number of carbonyl (C=O) groups is 3. The van der Waals surface area contributed by atoms with E-state index in [-0.39, 0.29) is 17.9 Å². The van der Waals surface area contributed by atoms with Gasteiger partial charge in [0.25, 0.3) is 5.91 Å². The molecule has 0 unspecified atom stereocenters. The number of fused-ring (bicyclic) bond motifs is 1. The lowest BCUT2D eigenvalue weighted by atomic mass is 10.0. The Labute approximate surface area is 171 Å². The number of nitrogens with one attached hydrogen (secondary N) is 1. The lowest BCUT2D eigenvalue weighted by Gasteiger charge is -2.30. The number of aryl methyl sites for hydroxylation is 1. The van der Waals surface area contributed by atoms with Gasteiger partial charge in [0.05, 0.1) is 6.54 Å². The molecule has 0 radical (unpaired) electrons. The maximum Gasteiger partial charge on any atom is 0.410 e. The maximum absolute atomic E-state index is 12.7. The van der Waals surface area contributed by atoms with Gasteiger partial charge >= 0.3 is 6.09 Å². The van der Waals surface area contributed by atoms with E-state index in [1.807, 2.05) is 32.7 Å². The van der Waals surface area contributed by atoms with Crippen LogP contribution in [-0.2, 0) is 29.5 Å². The molecule has 0 atom stereocenters. The Bertz CT molecular complexity index is 796. The van der Waals surface area contributed by atoms with Gasteiger partial charge < -0.3 is 19.9 Å². The Morgan fingerprint density at radius 2 is 1.97 bits per heavy atom. The van der Waals surface area contributed by atoms with Crippen LogP contribution in [0.4, 0.5) is 4.79 Å². The van der Waals surface area contributed by atoms with Crippen LogP contribution in [0.25, 0.3) is 0 Å². The number of amides is 3. The van der Waals surface area contributed by atoms with Crippen molar-refractivity contribution in [1.82, 2.24) is 24.9 Å². The monoisotopic (exact) mass is 405 g/mol. The Morgan fingerprint density at radius 1 is 1.21 bits per heavy atom. The Hall–Kier alpha value is -2.58. The fourth-order valence-corrected chi connectivity index (χ4v) is 3.75. The molecule has 0 saturated carbocycles. The molecule has 29 heavy (non-hydrogen) atoms. The average Bonchev–Trinajstić information content (AvgIpc) is 3.20. The van der Waals surface area contributed by atoms with Crippen LogP contribution in [0.1, 0.15) is 61.8 Å². The van der Waals surface area contributed by atoms with Gasteiger partial charge in [0, 0.05) is 57.3 Å². The molecule has 1 fully saturated rings. The molecule has 1 saturated heterocycles. The van der Waals surface area contributed by atoms with Gasteiger partial charge in [-0.05, 0) is 33.6 Å². The molecule has 2 aliphatic heterocycles. The molecule has 160 valence electrons. The van der Waals surface area contributed by atoms with E-state index in [0.29, 0.717) is 51.1 Å². The molecule has 1 aromatic rings. The third-order valence-electron chi connectivity index (χ3n) is 5.17. The zero-order chi connectivity index (χ0) is 21.2. The molecule has 3 amide bonds. The SMILES string of the molecule is Cn1nc(C(=O)NCCCN2CCCC2=O)c2c1CCN(C(=O)OC(C)(C)C)C2. The van der Waals surface area contributed by atoms with Crippen molar-refractivity contribution in [2.75, 3.05) is 26.2 Å². The van der Waals surface area contributed by atoms with Gasteiger partial charge in [-0.15, -0.1) is 0 Å². The van der Waals surface area contributed by atoms with Gasteiger partial charge in [-0.3, -0.25) is 14.3 Å². The highest BCUT2D eigenvalue weighted by Gasteiger charge is 2.31. The molecule has 1 aromatic heterocycles. The van der Waals surface area contributed by atoms with Gasteiger partial charge in [-0.1, -0.05) is 0 Å². The number of hydrogen-bond donors (Lipinski definition) is 1. The number of likely N-dealkylation sites (tertiary alicyclic amines) is 1. The molecular weight excluding hydrogens is 374 g/mol. The van der Waals surface area contributed by atoms with E-state index in [2.05, 4.69) is 10.4 Å². The first kappa shape index (κ1) is 21.1. The van der Waals surface area contributed by atoms with Crippen molar-refractivity contribution in [3.05, 3.63) is 17.0 Å². The van der Waals surface area contributed by atoms with E-state index in [0.717, 1.165) is 24.2 Å². The molecule has 0 spiro atoms. The van der Waals surface area contributed by atoms with E-state index in [4.69, 9.17) is 4.74 Å². The minimum Gasteiger partial charge on any atom is -0.444 e. The maximum atomic E-state index is 12.7. The van der Waals surface area contributed by atoms with Crippen molar-refractivity contribution in [3.8, 4) is 0 Å². The molecule has 9 nitrogen and oxygen atoms in total. The highest BCUT2D eigenvalue weighted by molar-refractivity contribution is 5.94. The van der Waals surface area contributed by atoms with E-state index in [1.165, 1.54) is 0 Å². The standard InChI is InChI=1S/C20H31N5O4/c1-20(2,3)29-19(28)25-12-8-15-14(13-25)17(22-23(15)4)18(27)21-9-6-11-24-10-5-7-16(24)26/h5-13H2,1-4H3,(H,21,27). The summed E-state index contributed by atoms with van der Waals surface area (Å²) >= 11 is 0. The largest absolute Gasteiger partial charge is 0.444 e.